The Bertz CT molecular complexity index is 412. The summed E-state index contributed by atoms with van der Waals surface area (Å²) in [6.45, 7) is 0.930. The Kier molecular flexibility index (Phi) is 4.99. The van der Waals surface area contributed by atoms with Crippen molar-refractivity contribution in [2.24, 2.45) is 0 Å². The molecule has 0 unspecified atom stereocenters. The number of benzene rings is 1. The molecule has 7 heteroatoms. The van der Waals surface area contributed by atoms with Crippen LogP contribution in [0.4, 0.5) is 17.1 Å². The van der Waals surface area contributed by atoms with Crippen molar-refractivity contribution >= 4 is 28.7 Å². The van der Waals surface area contributed by atoms with Crippen molar-refractivity contribution in [1.29, 1.82) is 0 Å². The quantitative estimate of drug-likeness (QED) is 0.466. The van der Waals surface area contributed by atoms with E-state index in [1.165, 1.54) is 12.1 Å². The first-order valence-electron chi connectivity index (χ1n) is 4.98. The number of ether oxygens (including phenoxy) is 1. The van der Waals surface area contributed by atoms with Crippen molar-refractivity contribution in [3.05, 3.63) is 27.3 Å². The summed E-state index contributed by atoms with van der Waals surface area (Å²) in [5.41, 5.74) is 0.735. The first-order valence-corrected chi connectivity index (χ1v) is 5.36. The van der Waals surface area contributed by atoms with E-state index in [-0.39, 0.29) is 5.69 Å². The highest BCUT2D eigenvalue weighted by Crippen LogP contribution is 2.35. The van der Waals surface area contributed by atoms with Gasteiger partial charge in [0.05, 0.1) is 11.5 Å². The van der Waals surface area contributed by atoms with Gasteiger partial charge in [0, 0.05) is 25.7 Å². The van der Waals surface area contributed by atoms with Crippen molar-refractivity contribution in [1.82, 2.24) is 0 Å². The fourth-order valence-electron chi connectivity index (χ4n) is 1.41. The van der Waals surface area contributed by atoms with Crippen LogP contribution in [-0.2, 0) is 4.74 Å². The first-order chi connectivity index (χ1) is 8.10. The smallest absolute Gasteiger partial charge is 0.315 e. The number of nitrogens with zero attached hydrogens (tertiary/aromatic N) is 1. The van der Waals surface area contributed by atoms with E-state index in [1.54, 1.807) is 14.2 Å². The highest BCUT2D eigenvalue weighted by Gasteiger charge is 2.20. The van der Waals surface area contributed by atoms with Crippen LogP contribution < -0.4 is 10.6 Å². The maximum Gasteiger partial charge on any atom is 0.315 e. The standard InChI is InChI=1S/C10H14ClN3O3/c1-12-8-5-7(11)6-9(10(8)14(15)16)13-3-4-17-2/h5-6,12-13H,3-4H2,1-2H3. The van der Waals surface area contributed by atoms with E-state index in [9.17, 15) is 10.1 Å². The zero-order valence-electron chi connectivity index (χ0n) is 9.62. The van der Waals surface area contributed by atoms with E-state index in [4.69, 9.17) is 16.3 Å². The number of methoxy groups -OCH3 is 1. The van der Waals surface area contributed by atoms with Gasteiger partial charge in [0.15, 0.2) is 0 Å². The third-order valence-corrected chi connectivity index (χ3v) is 2.37. The van der Waals surface area contributed by atoms with Gasteiger partial charge in [-0.2, -0.15) is 0 Å². The Morgan fingerprint density at radius 1 is 1.47 bits per heavy atom. The highest BCUT2D eigenvalue weighted by atomic mass is 35.5. The monoisotopic (exact) mass is 259 g/mol. The van der Waals surface area contributed by atoms with Gasteiger partial charge in [-0.25, -0.2) is 0 Å². The van der Waals surface area contributed by atoms with Gasteiger partial charge in [0.25, 0.3) is 0 Å². The lowest BCUT2D eigenvalue weighted by molar-refractivity contribution is -0.383. The van der Waals surface area contributed by atoms with Crippen molar-refractivity contribution in [3.8, 4) is 0 Å². The molecule has 0 fully saturated rings. The Balaban J connectivity index is 3.07. The summed E-state index contributed by atoms with van der Waals surface area (Å²) in [5, 5.41) is 17.1. The molecule has 1 aromatic rings. The number of nitrogens with one attached hydrogen (secondary N) is 2. The van der Waals surface area contributed by atoms with E-state index in [2.05, 4.69) is 10.6 Å². The van der Waals surface area contributed by atoms with Crippen molar-refractivity contribution in [2.45, 2.75) is 0 Å². The normalized spacial score (nSPS) is 10.1. The fraction of sp³-hybridized carbons (Fsp3) is 0.400. The first kappa shape index (κ1) is 13.5. The molecule has 0 saturated carbocycles. The second-order valence-electron chi connectivity index (χ2n) is 3.28. The largest absolute Gasteiger partial charge is 0.383 e. The molecule has 0 bridgehead atoms. The van der Waals surface area contributed by atoms with Gasteiger partial charge in [0.1, 0.15) is 11.4 Å². The Morgan fingerprint density at radius 3 is 2.65 bits per heavy atom. The van der Waals surface area contributed by atoms with Gasteiger partial charge in [-0.3, -0.25) is 10.1 Å². The molecule has 1 aromatic carbocycles. The zero-order chi connectivity index (χ0) is 12.8. The molecule has 0 radical (unpaired) electrons. The molecular weight excluding hydrogens is 246 g/mol. The summed E-state index contributed by atoms with van der Waals surface area (Å²) < 4.78 is 4.87. The molecule has 0 heterocycles. The zero-order valence-corrected chi connectivity index (χ0v) is 10.4. The SMILES string of the molecule is CNc1cc(Cl)cc(NCCOC)c1[N+](=O)[O-]. The highest BCUT2D eigenvalue weighted by molar-refractivity contribution is 6.31. The minimum Gasteiger partial charge on any atom is -0.383 e. The summed E-state index contributed by atoms with van der Waals surface area (Å²) in [7, 11) is 3.17. The van der Waals surface area contributed by atoms with E-state index >= 15 is 0 Å². The summed E-state index contributed by atoms with van der Waals surface area (Å²) in [6, 6.07) is 3.04. The summed E-state index contributed by atoms with van der Waals surface area (Å²) >= 11 is 5.88. The summed E-state index contributed by atoms with van der Waals surface area (Å²) in [5.74, 6) is 0. The molecule has 0 aliphatic carbocycles. The van der Waals surface area contributed by atoms with Crippen LogP contribution in [0, 0.1) is 10.1 Å². The minimum atomic E-state index is -0.447. The lowest BCUT2D eigenvalue weighted by Gasteiger charge is -2.10. The molecular formula is C10H14ClN3O3. The van der Waals surface area contributed by atoms with Gasteiger partial charge in [0.2, 0.25) is 0 Å². The molecule has 1 rings (SSSR count). The van der Waals surface area contributed by atoms with Crippen LogP contribution in [0.2, 0.25) is 5.02 Å². The van der Waals surface area contributed by atoms with Crippen LogP contribution in [0.1, 0.15) is 0 Å². The molecule has 94 valence electrons. The molecule has 0 aromatic heterocycles. The van der Waals surface area contributed by atoms with Crippen LogP contribution >= 0.6 is 11.6 Å². The molecule has 0 amide bonds. The predicted molar refractivity (Wildman–Crippen MR) is 68.0 cm³/mol. The molecule has 2 N–H and O–H groups in total. The molecule has 0 aliphatic heterocycles. The van der Waals surface area contributed by atoms with Gasteiger partial charge < -0.3 is 15.4 Å². The van der Waals surface area contributed by atoms with Gasteiger partial charge in [-0.15, -0.1) is 0 Å². The number of anilines is 2. The molecule has 17 heavy (non-hydrogen) atoms. The summed E-state index contributed by atoms with van der Waals surface area (Å²) in [4.78, 5) is 10.5. The number of hydrogen-bond donors (Lipinski definition) is 2. The number of halogens is 1. The average molecular weight is 260 g/mol. The number of nitro benzene ring substituents is 1. The van der Waals surface area contributed by atoms with E-state index < -0.39 is 4.92 Å². The Morgan fingerprint density at radius 2 is 2.12 bits per heavy atom. The fourth-order valence-corrected chi connectivity index (χ4v) is 1.63. The lowest BCUT2D eigenvalue weighted by atomic mass is 10.2. The average Bonchev–Trinajstić information content (AvgIpc) is 2.28. The van der Waals surface area contributed by atoms with Gasteiger partial charge in [-0.05, 0) is 12.1 Å². The van der Waals surface area contributed by atoms with Crippen LogP contribution in [0.5, 0.6) is 0 Å². The maximum absolute atomic E-state index is 11.0. The number of nitro groups is 1. The van der Waals surface area contributed by atoms with Crippen LogP contribution in [0.3, 0.4) is 0 Å². The second-order valence-corrected chi connectivity index (χ2v) is 3.71. The molecule has 0 saturated heterocycles. The van der Waals surface area contributed by atoms with Gasteiger partial charge in [-0.1, -0.05) is 11.6 Å². The van der Waals surface area contributed by atoms with Crippen LogP contribution in [-0.4, -0.2) is 32.2 Å². The van der Waals surface area contributed by atoms with E-state index in [0.717, 1.165) is 0 Å². The number of rotatable bonds is 6. The minimum absolute atomic E-state index is 0.0204. The Hall–Kier alpha value is -1.53. The molecule has 0 spiro atoms. The van der Waals surface area contributed by atoms with E-state index in [0.29, 0.717) is 29.5 Å². The molecule has 0 atom stereocenters. The maximum atomic E-state index is 11.0. The third kappa shape index (κ3) is 3.47. The Labute approximate surface area is 104 Å². The van der Waals surface area contributed by atoms with Crippen molar-refractivity contribution in [3.63, 3.8) is 0 Å². The third-order valence-electron chi connectivity index (χ3n) is 2.15. The summed E-state index contributed by atoms with van der Waals surface area (Å²) in [6.07, 6.45) is 0. The molecule has 6 nitrogen and oxygen atoms in total. The van der Waals surface area contributed by atoms with Crippen molar-refractivity contribution in [2.75, 3.05) is 37.9 Å². The van der Waals surface area contributed by atoms with Crippen LogP contribution in [0.25, 0.3) is 0 Å². The lowest BCUT2D eigenvalue weighted by Crippen LogP contribution is -2.10. The predicted octanol–water partition coefficient (Wildman–Crippen LogP) is 2.35. The van der Waals surface area contributed by atoms with Crippen LogP contribution in [0.15, 0.2) is 12.1 Å². The topological polar surface area (TPSA) is 76.4 Å². The van der Waals surface area contributed by atoms with E-state index in [1.807, 2.05) is 0 Å². The van der Waals surface area contributed by atoms with Crippen molar-refractivity contribution < 1.29 is 9.66 Å². The molecule has 0 aliphatic rings. The number of hydrogen-bond acceptors (Lipinski definition) is 5. The second kappa shape index (κ2) is 6.27. The van der Waals surface area contributed by atoms with Gasteiger partial charge >= 0.3 is 5.69 Å².